The number of hydrogen-bond donors (Lipinski definition) is 1. The number of nitrogens with one attached hydrogen (secondary N) is 1. The SMILES string of the molecule is C/C(=N/Nc1nc(-c2ccc(F)cc2F)cs1)c1ccccc1. The summed E-state index contributed by atoms with van der Waals surface area (Å²) in [6.07, 6.45) is 0. The van der Waals surface area contributed by atoms with Crippen LogP contribution in [0.4, 0.5) is 13.9 Å². The van der Waals surface area contributed by atoms with Gasteiger partial charge in [0.25, 0.3) is 0 Å². The van der Waals surface area contributed by atoms with Crippen molar-refractivity contribution in [1.82, 2.24) is 4.98 Å². The molecule has 0 radical (unpaired) electrons. The number of thiazole rings is 1. The smallest absolute Gasteiger partial charge is 0.203 e. The maximum Gasteiger partial charge on any atom is 0.203 e. The highest BCUT2D eigenvalue weighted by molar-refractivity contribution is 7.14. The summed E-state index contributed by atoms with van der Waals surface area (Å²) in [5.41, 5.74) is 5.39. The Hall–Kier alpha value is -2.60. The minimum Gasteiger partial charge on any atom is -0.252 e. The molecule has 1 heterocycles. The summed E-state index contributed by atoms with van der Waals surface area (Å²) in [7, 11) is 0. The first-order chi connectivity index (χ1) is 11.1. The van der Waals surface area contributed by atoms with Crippen LogP contribution in [0.2, 0.25) is 0 Å². The Labute approximate surface area is 136 Å². The molecular weight excluding hydrogens is 316 g/mol. The molecule has 0 amide bonds. The molecular formula is C17H13F2N3S. The predicted octanol–water partition coefficient (Wildman–Crippen LogP) is 4.92. The molecule has 3 nitrogen and oxygen atoms in total. The van der Waals surface area contributed by atoms with Gasteiger partial charge in [-0.2, -0.15) is 5.10 Å². The van der Waals surface area contributed by atoms with E-state index >= 15 is 0 Å². The van der Waals surface area contributed by atoms with Gasteiger partial charge in [-0.25, -0.2) is 13.8 Å². The van der Waals surface area contributed by atoms with Crippen LogP contribution >= 0.6 is 11.3 Å². The van der Waals surface area contributed by atoms with Crippen molar-refractivity contribution in [2.75, 3.05) is 5.43 Å². The van der Waals surface area contributed by atoms with Gasteiger partial charge < -0.3 is 0 Å². The fraction of sp³-hybridized carbons (Fsp3) is 0.0588. The topological polar surface area (TPSA) is 37.3 Å². The van der Waals surface area contributed by atoms with Crippen molar-refractivity contribution < 1.29 is 8.78 Å². The lowest BCUT2D eigenvalue weighted by atomic mass is 10.1. The first-order valence-corrected chi connectivity index (χ1v) is 7.78. The van der Waals surface area contributed by atoms with E-state index in [0.29, 0.717) is 10.8 Å². The summed E-state index contributed by atoms with van der Waals surface area (Å²) < 4.78 is 26.7. The third-order valence-electron chi connectivity index (χ3n) is 3.22. The third-order valence-corrected chi connectivity index (χ3v) is 3.97. The second-order valence-corrected chi connectivity index (χ2v) is 5.70. The molecule has 0 aliphatic rings. The van der Waals surface area contributed by atoms with Crippen LogP contribution in [0, 0.1) is 11.6 Å². The summed E-state index contributed by atoms with van der Waals surface area (Å²) in [6, 6.07) is 13.2. The van der Waals surface area contributed by atoms with Gasteiger partial charge in [-0.1, -0.05) is 30.3 Å². The number of halogens is 2. The van der Waals surface area contributed by atoms with E-state index in [4.69, 9.17) is 0 Å². The lowest BCUT2D eigenvalue weighted by Gasteiger charge is -2.01. The first kappa shape index (κ1) is 15.3. The van der Waals surface area contributed by atoms with E-state index in [1.54, 1.807) is 5.38 Å². The van der Waals surface area contributed by atoms with Crippen LogP contribution in [0.5, 0.6) is 0 Å². The fourth-order valence-electron chi connectivity index (χ4n) is 2.02. The Morgan fingerprint density at radius 1 is 1.13 bits per heavy atom. The molecule has 2 aromatic carbocycles. The lowest BCUT2D eigenvalue weighted by Crippen LogP contribution is -1.99. The third kappa shape index (κ3) is 3.60. The van der Waals surface area contributed by atoms with Gasteiger partial charge in [0.2, 0.25) is 5.13 Å². The molecule has 116 valence electrons. The van der Waals surface area contributed by atoms with Gasteiger partial charge in [0.1, 0.15) is 11.6 Å². The number of anilines is 1. The molecule has 3 rings (SSSR count). The van der Waals surface area contributed by atoms with Crippen LogP contribution in [0.1, 0.15) is 12.5 Å². The van der Waals surface area contributed by atoms with Gasteiger partial charge in [0.15, 0.2) is 0 Å². The Morgan fingerprint density at radius 2 is 1.91 bits per heavy atom. The number of hydrazone groups is 1. The van der Waals surface area contributed by atoms with Crippen LogP contribution in [0.15, 0.2) is 59.0 Å². The van der Waals surface area contributed by atoms with Crippen molar-refractivity contribution in [3.8, 4) is 11.3 Å². The van der Waals surface area contributed by atoms with E-state index in [1.165, 1.54) is 23.5 Å². The maximum absolute atomic E-state index is 13.8. The second kappa shape index (κ2) is 6.66. The first-order valence-electron chi connectivity index (χ1n) is 6.90. The minimum atomic E-state index is -0.634. The number of rotatable bonds is 4. The van der Waals surface area contributed by atoms with E-state index in [9.17, 15) is 8.78 Å². The molecule has 0 bridgehead atoms. The Balaban J connectivity index is 1.77. The summed E-state index contributed by atoms with van der Waals surface area (Å²) in [5.74, 6) is -1.24. The summed E-state index contributed by atoms with van der Waals surface area (Å²) in [4.78, 5) is 4.27. The zero-order valence-corrected chi connectivity index (χ0v) is 13.1. The van der Waals surface area contributed by atoms with Crippen molar-refractivity contribution in [1.29, 1.82) is 0 Å². The largest absolute Gasteiger partial charge is 0.252 e. The Bertz CT molecular complexity index is 844. The minimum absolute atomic E-state index is 0.263. The molecule has 6 heteroatoms. The number of hydrogen-bond acceptors (Lipinski definition) is 4. The predicted molar refractivity (Wildman–Crippen MR) is 89.7 cm³/mol. The highest BCUT2D eigenvalue weighted by Gasteiger charge is 2.10. The molecule has 0 aliphatic carbocycles. The zero-order valence-electron chi connectivity index (χ0n) is 12.3. The maximum atomic E-state index is 13.8. The van der Waals surface area contributed by atoms with Crippen molar-refractivity contribution in [2.24, 2.45) is 5.10 Å². The van der Waals surface area contributed by atoms with E-state index in [1.807, 2.05) is 37.3 Å². The van der Waals surface area contributed by atoms with Gasteiger partial charge in [-0.15, -0.1) is 11.3 Å². The van der Waals surface area contributed by atoms with Gasteiger partial charge in [0.05, 0.1) is 11.4 Å². The molecule has 0 spiro atoms. The fourth-order valence-corrected chi connectivity index (χ4v) is 2.67. The molecule has 0 unspecified atom stereocenters. The molecule has 0 aliphatic heterocycles. The molecule has 1 N–H and O–H groups in total. The highest BCUT2D eigenvalue weighted by Crippen LogP contribution is 2.27. The van der Waals surface area contributed by atoms with Crippen molar-refractivity contribution in [3.63, 3.8) is 0 Å². The molecule has 0 atom stereocenters. The van der Waals surface area contributed by atoms with E-state index in [2.05, 4.69) is 15.5 Å². The lowest BCUT2D eigenvalue weighted by molar-refractivity contribution is 0.585. The molecule has 3 aromatic rings. The van der Waals surface area contributed by atoms with E-state index in [0.717, 1.165) is 17.3 Å². The van der Waals surface area contributed by atoms with Crippen LogP contribution in [0.3, 0.4) is 0 Å². The molecule has 0 saturated carbocycles. The average Bonchev–Trinajstić information content (AvgIpc) is 3.02. The van der Waals surface area contributed by atoms with Crippen molar-refractivity contribution in [2.45, 2.75) is 6.92 Å². The Kier molecular flexibility index (Phi) is 4.43. The normalized spacial score (nSPS) is 11.5. The molecule has 0 saturated heterocycles. The molecule has 23 heavy (non-hydrogen) atoms. The van der Waals surface area contributed by atoms with Crippen LogP contribution < -0.4 is 5.43 Å². The van der Waals surface area contributed by atoms with Crippen molar-refractivity contribution >= 4 is 22.2 Å². The number of benzene rings is 2. The summed E-state index contributed by atoms with van der Waals surface area (Å²) >= 11 is 1.30. The van der Waals surface area contributed by atoms with E-state index < -0.39 is 11.6 Å². The van der Waals surface area contributed by atoms with Gasteiger partial charge >= 0.3 is 0 Å². The molecule has 0 fully saturated rings. The quantitative estimate of drug-likeness (QED) is 0.544. The Morgan fingerprint density at radius 3 is 2.65 bits per heavy atom. The van der Waals surface area contributed by atoms with Gasteiger partial charge in [0, 0.05) is 17.0 Å². The van der Waals surface area contributed by atoms with Gasteiger partial charge in [-0.05, 0) is 24.6 Å². The monoisotopic (exact) mass is 329 g/mol. The van der Waals surface area contributed by atoms with Crippen LogP contribution in [-0.2, 0) is 0 Å². The standard InChI is InChI=1S/C17H13F2N3S/c1-11(12-5-3-2-4-6-12)21-22-17-20-16(10-23-17)14-8-7-13(18)9-15(14)19/h2-10H,1H3,(H,20,22)/b21-11-. The number of aromatic nitrogens is 1. The van der Waals surface area contributed by atoms with E-state index in [-0.39, 0.29) is 5.56 Å². The summed E-state index contributed by atoms with van der Waals surface area (Å²) in [6.45, 7) is 1.89. The van der Waals surface area contributed by atoms with Crippen molar-refractivity contribution in [3.05, 3.63) is 71.1 Å². The zero-order chi connectivity index (χ0) is 16.2. The molecule has 1 aromatic heterocycles. The summed E-state index contributed by atoms with van der Waals surface area (Å²) in [5, 5.41) is 6.51. The van der Waals surface area contributed by atoms with Crippen LogP contribution in [-0.4, -0.2) is 10.7 Å². The average molecular weight is 329 g/mol. The van der Waals surface area contributed by atoms with Crippen LogP contribution in [0.25, 0.3) is 11.3 Å². The highest BCUT2D eigenvalue weighted by atomic mass is 32.1. The number of nitrogens with zero attached hydrogens (tertiary/aromatic N) is 2. The second-order valence-electron chi connectivity index (χ2n) is 4.84. The van der Waals surface area contributed by atoms with Gasteiger partial charge in [-0.3, -0.25) is 5.43 Å².